The lowest BCUT2D eigenvalue weighted by Gasteiger charge is -2.38. The summed E-state index contributed by atoms with van der Waals surface area (Å²) in [7, 11) is 1.50. The van der Waals surface area contributed by atoms with Gasteiger partial charge in [-0.1, -0.05) is 13.0 Å². The SMILES string of the molecule is C[C@H]1CN([C@@H](C)CO)C(=O)c2cccc(NC(=O)Nc3ccc4c(c3)OCO4)c2O[C@@H]1CN(C)C(=O)Nc1ccc(C(F)(F)F)cc1. The van der Waals surface area contributed by atoms with Gasteiger partial charge in [0, 0.05) is 37.0 Å². The Morgan fingerprint density at radius 3 is 2.43 bits per heavy atom. The summed E-state index contributed by atoms with van der Waals surface area (Å²) >= 11 is 0. The van der Waals surface area contributed by atoms with E-state index in [1.807, 2.05) is 6.92 Å². The van der Waals surface area contributed by atoms with Crippen LogP contribution in [0.3, 0.4) is 0 Å². The smallest absolute Gasteiger partial charge is 0.416 e. The molecule has 15 heteroatoms. The predicted molar refractivity (Wildman–Crippen MR) is 166 cm³/mol. The Balaban J connectivity index is 1.37. The number of carbonyl (C=O) groups is 3. The summed E-state index contributed by atoms with van der Waals surface area (Å²) in [6.07, 6.45) is -5.23. The van der Waals surface area contributed by atoms with Gasteiger partial charge in [-0.25, -0.2) is 9.59 Å². The summed E-state index contributed by atoms with van der Waals surface area (Å²) in [6.45, 7) is 3.48. The number of likely N-dealkylation sites (N-methyl/N-ethyl adjacent to an activating group) is 1. The van der Waals surface area contributed by atoms with E-state index in [-0.39, 0.29) is 55.1 Å². The van der Waals surface area contributed by atoms with Gasteiger partial charge in [0.1, 0.15) is 6.10 Å². The molecule has 0 saturated carbocycles. The molecule has 12 nitrogen and oxygen atoms in total. The third kappa shape index (κ3) is 7.62. The van der Waals surface area contributed by atoms with Crippen molar-refractivity contribution in [1.82, 2.24) is 9.80 Å². The maximum Gasteiger partial charge on any atom is 0.416 e. The Hall–Kier alpha value is -5.18. The molecule has 0 fully saturated rings. The minimum absolute atomic E-state index is 0.000336. The van der Waals surface area contributed by atoms with Gasteiger partial charge in [-0.3, -0.25) is 4.79 Å². The normalized spacial score (nSPS) is 17.9. The van der Waals surface area contributed by atoms with Crippen molar-refractivity contribution in [2.75, 3.05) is 49.5 Å². The first-order valence-electron chi connectivity index (χ1n) is 14.7. The number of benzene rings is 3. The number of ether oxygens (including phenoxy) is 3. The van der Waals surface area contributed by atoms with Crippen molar-refractivity contribution >= 4 is 35.0 Å². The number of amides is 5. The van der Waals surface area contributed by atoms with Crippen LogP contribution in [0.4, 0.5) is 39.8 Å². The molecule has 2 aliphatic heterocycles. The lowest BCUT2D eigenvalue weighted by molar-refractivity contribution is -0.137. The highest BCUT2D eigenvalue weighted by molar-refractivity contribution is 6.04. The third-order valence-corrected chi connectivity index (χ3v) is 7.83. The Kier molecular flexibility index (Phi) is 9.65. The van der Waals surface area contributed by atoms with Gasteiger partial charge in [0.05, 0.1) is 36.0 Å². The molecular formula is C32H34F3N5O7. The van der Waals surface area contributed by atoms with E-state index in [1.165, 1.54) is 16.8 Å². The molecule has 47 heavy (non-hydrogen) atoms. The number of hydrogen-bond acceptors (Lipinski definition) is 7. The monoisotopic (exact) mass is 657 g/mol. The molecule has 0 bridgehead atoms. The average molecular weight is 658 g/mol. The molecule has 2 heterocycles. The number of nitrogens with one attached hydrogen (secondary N) is 3. The fourth-order valence-electron chi connectivity index (χ4n) is 5.13. The molecule has 0 aromatic heterocycles. The number of hydrogen-bond donors (Lipinski definition) is 4. The van der Waals surface area contributed by atoms with Crippen molar-refractivity contribution in [3.8, 4) is 17.2 Å². The highest BCUT2D eigenvalue weighted by Gasteiger charge is 2.35. The molecule has 5 amide bonds. The van der Waals surface area contributed by atoms with E-state index >= 15 is 0 Å². The Bertz CT molecular complexity index is 1640. The van der Waals surface area contributed by atoms with Gasteiger partial charge in [0.15, 0.2) is 17.2 Å². The number of alkyl halides is 3. The van der Waals surface area contributed by atoms with Crippen LogP contribution in [0.5, 0.6) is 17.2 Å². The number of anilines is 3. The maximum atomic E-state index is 13.7. The second-order valence-electron chi connectivity index (χ2n) is 11.3. The van der Waals surface area contributed by atoms with Crippen molar-refractivity contribution in [2.24, 2.45) is 5.92 Å². The van der Waals surface area contributed by atoms with Crippen molar-refractivity contribution in [2.45, 2.75) is 32.2 Å². The molecule has 3 atom stereocenters. The van der Waals surface area contributed by atoms with Crippen LogP contribution in [0.15, 0.2) is 60.7 Å². The average Bonchev–Trinajstić information content (AvgIpc) is 3.50. The van der Waals surface area contributed by atoms with Gasteiger partial charge in [0.2, 0.25) is 6.79 Å². The van der Waals surface area contributed by atoms with Gasteiger partial charge in [-0.2, -0.15) is 13.2 Å². The van der Waals surface area contributed by atoms with Crippen LogP contribution >= 0.6 is 0 Å². The van der Waals surface area contributed by atoms with E-state index in [0.717, 1.165) is 24.3 Å². The largest absolute Gasteiger partial charge is 0.485 e. The zero-order chi connectivity index (χ0) is 33.9. The van der Waals surface area contributed by atoms with Crippen molar-refractivity contribution in [3.63, 3.8) is 0 Å². The Morgan fingerprint density at radius 2 is 1.72 bits per heavy atom. The van der Waals surface area contributed by atoms with E-state index in [1.54, 1.807) is 43.3 Å². The second-order valence-corrected chi connectivity index (χ2v) is 11.3. The van der Waals surface area contributed by atoms with Crippen LogP contribution in [0.2, 0.25) is 0 Å². The van der Waals surface area contributed by atoms with Crippen LogP contribution in [0.25, 0.3) is 0 Å². The lowest BCUT2D eigenvalue weighted by atomic mass is 9.99. The lowest BCUT2D eigenvalue weighted by Crippen LogP contribution is -2.50. The fraction of sp³-hybridized carbons (Fsp3) is 0.344. The number of carbonyl (C=O) groups excluding carboxylic acids is 3. The summed E-state index contributed by atoms with van der Waals surface area (Å²) in [5.41, 5.74) is 0.0732. The zero-order valence-electron chi connectivity index (χ0n) is 25.8. The molecule has 0 spiro atoms. The first kappa shape index (κ1) is 33.2. The molecule has 3 aromatic rings. The van der Waals surface area contributed by atoms with Crippen molar-refractivity contribution in [3.05, 3.63) is 71.8 Å². The number of aliphatic hydroxyl groups excluding tert-OH is 1. The zero-order valence-corrected chi connectivity index (χ0v) is 25.8. The van der Waals surface area contributed by atoms with E-state index in [0.29, 0.717) is 17.2 Å². The number of halogens is 3. The highest BCUT2D eigenvalue weighted by atomic mass is 19.4. The van der Waals surface area contributed by atoms with E-state index in [2.05, 4.69) is 16.0 Å². The standard InChI is InChI=1S/C32H34F3N5O7/c1-18-14-40(19(2)16-41)29(42)23-5-4-6-24(38-30(43)36-22-11-12-25-26(13-22)46-17-45-25)28(23)47-27(18)15-39(3)31(44)37-21-9-7-20(8-10-21)32(33,34)35/h4-13,18-19,27,41H,14-17H2,1-3H3,(H,37,44)(H2,36,38,43)/t18-,19-,27+/m0/s1. The molecule has 250 valence electrons. The van der Waals surface area contributed by atoms with Gasteiger partial charge >= 0.3 is 18.2 Å². The van der Waals surface area contributed by atoms with Crippen LogP contribution in [0, 0.1) is 5.92 Å². The summed E-state index contributed by atoms with van der Waals surface area (Å²) < 4.78 is 55.9. The molecule has 2 aliphatic rings. The topological polar surface area (TPSA) is 142 Å². The molecule has 0 aliphatic carbocycles. The maximum absolute atomic E-state index is 13.7. The summed E-state index contributed by atoms with van der Waals surface area (Å²) in [5.74, 6) is 0.301. The molecule has 4 N–H and O–H groups in total. The number of fused-ring (bicyclic) bond motifs is 2. The summed E-state index contributed by atoms with van der Waals surface area (Å²) in [5, 5.41) is 17.9. The predicted octanol–water partition coefficient (Wildman–Crippen LogP) is 5.46. The summed E-state index contributed by atoms with van der Waals surface area (Å²) in [4.78, 5) is 42.7. The first-order valence-corrected chi connectivity index (χ1v) is 14.7. The van der Waals surface area contributed by atoms with Crippen LogP contribution in [-0.4, -0.2) is 78.6 Å². The fourth-order valence-corrected chi connectivity index (χ4v) is 5.13. The number of nitrogens with zero attached hydrogens (tertiary/aromatic N) is 2. The number of urea groups is 2. The van der Waals surface area contributed by atoms with Crippen molar-refractivity contribution in [1.29, 1.82) is 0 Å². The first-order chi connectivity index (χ1) is 22.3. The highest BCUT2D eigenvalue weighted by Crippen LogP contribution is 2.37. The molecule has 0 radical (unpaired) electrons. The van der Waals surface area contributed by atoms with Gasteiger partial charge in [0.25, 0.3) is 5.91 Å². The quantitative estimate of drug-likeness (QED) is 0.264. The van der Waals surface area contributed by atoms with Gasteiger partial charge < -0.3 is 45.1 Å². The van der Waals surface area contributed by atoms with Crippen LogP contribution in [-0.2, 0) is 6.18 Å². The summed E-state index contributed by atoms with van der Waals surface area (Å²) in [6, 6.07) is 11.9. The number of aliphatic hydroxyl groups is 1. The minimum atomic E-state index is -4.51. The third-order valence-electron chi connectivity index (χ3n) is 7.83. The van der Waals surface area contributed by atoms with Crippen molar-refractivity contribution < 1.29 is 46.9 Å². The van der Waals surface area contributed by atoms with Crippen LogP contribution < -0.4 is 30.2 Å². The molecule has 3 aromatic carbocycles. The minimum Gasteiger partial charge on any atom is -0.485 e. The molecule has 0 unspecified atom stereocenters. The van der Waals surface area contributed by atoms with E-state index in [4.69, 9.17) is 14.2 Å². The molecular weight excluding hydrogens is 623 g/mol. The Morgan fingerprint density at radius 1 is 1.02 bits per heavy atom. The van der Waals surface area contributed by atoms with Gasteiger partial charge in [-0.15, -0.1) is 0 Å². The molecule has 5 rings (SSSR count). The van der Waals surface area contributed by atoms with Crippen LogP contribution in [0.1, 0.15) is 29.8 Å². The van der Waals surface area contributed by atoms with E-state index < -0.39 is 41.9 Å². The van der Waals surface area contributed by atoms with Gasteiger partial charge in [-0.05, 0) is 55.5 Å². The number of rotatable bonds is 7. The Labute approximate surface area is 268 Å². The second kappa shape index (κ2) is 13.7. The van der Waals surface area contributed by atoms with E-state index in [9.17, 15) is 32.7 Å². The number of para-hydroxylation sites is 1. The molecule has 0 saturated heterocycles.